The van der Waals surface area contributed by atoms with Gasteiger partial charge in [0.05, 0.1) is 7.11 Å². The van der Waals surface area contributed by atoms with Crippen molar-refractivity contribution in [3.8, 4) is 39.9 Å². The fourth-order valence-corrected chi connectivity index (χ4v) is 3.54. The molecule has 0 saturated heterocycles. The van der Waals surface area contributed by atoms with Crippen molar-refractivity contribution in [3.05, 3.63) is 97.1 Å². The minimum atomic E-state index is 0.324. The third-order valence-corrected chi connectivity index (χ3v) is 5.31. The van der Waals surface area contributed by atoms with Crippen LogP contribution in [0.25, 0.3) is 11.1 Å². The molecule has 0 atom stereocenters. The molecule has 0 spiro atoms. The van der Waals surface area contributed by atoms with Gasteiger partial charge in [-0.15, -0.1) is 0 Å². The lowest BCUT2D eigenvalue weighted by atomic mass is 10.0. The Hall–Kier alpha value is -4.52. The average Bonchev–Trinajstić information content (AvgIpc) is 2.94. The van der Waals surface area contributed by atoms with Gasteiger partial charge in [0.15, 0.2) is 11.4 Å². The van der Waals surface area contributed by atoms with Crippen molar-refractivity contribution in [2.24, 2.45) is 5.11 Å². The second kappa shape index (κ2) is 12.8. The maximum Gasteiger partial charge on any atom is 0.175 e. The highest BCUT2D eigenvalue weighted by atomic mass is 16.5. The summed E-state index contributed by atoms with van der Waals surface area (Å²) in [7, 11) is 1.64. The smallest absolute Gasteiger partial charge is 0.175 e. The zero-order valence-electron chi connectivity index (χ0n) is 20.1. The molecule has 36 heavy (non-hydrogen) atoms. The van der Waals surface area contributed by atoms with Crippen LogP contribution in [0.4, 0.5) is 5.69 Å². The quantitative estimate of drug-likeness (QED) is 0.210. The molecule has 7 heteroatoms. The van der Waals surface area contributed by atoms with E-state index in [1.165, 1.54) is 0 Å². The van der Waals surface area contributed by atoms with Crippen LogP contribution in [0.2, 0.25) is 0 Å². The molecule has 0 heterocycles. The molecule has 0 aromatic heterocycles. The first-order valence-corrected chi connectivity index (χ1v) is 11.6. The molecular weight excluding hydrogens is 456 g/mol. The molecule has 0 unspecified atom stereocenters. The summed E-state index contributed by atoms with van der Waals surface area (Å²) in [5.41, 5.74) is 7.94. The van der Waals surface area contributed by atoms with E-state index in [4.69, 9.17) is 29.2 Å². The SMILES string of the molecule is COc1ccc(-c2cc(OCCOc3ccccc3)c(N=[NH2+])cc2OCCOc2ccccc2)cc1. The second-order valence-electron chi connectivity index (χ2n) is 7.69. The predicted octanol–water partition coefficient (Wildman–Crippen LogP) is 5.12. The van der Waals surface area contributed by atoms with E-state index < -0.39 is 0 Å². The second-order valence-corrected chi connectivity index (χ2v) is 7.69. The Kier molecular flexibility index (Phi) is 8.75. The van der Waals surface area contributed by atoms with Gasteiger partial charge in [0, 0.05) is 11.6 Å². The third kappa shape index (κ3) is 6.76. The molecule has 0 fully saturated rings. The number of methoxy groups -OCH3 is 1. The lowest BCUT2D eigenvalue weighted by Gasteiger charge is -2.16. The van der Waals surface area contributed by atoms with E-state index in [9.17, 15) is 0 Å². The van der Waals surface area contributed by atoms with Gasteiger partial charge < -0.3 is 23.7 Å². The van der Waals surface area contributed by atoms with Crippen molar-refractivity contribution < 1.29 is 29.2 Å². The van der Waals surface area contributed by atoms with Crippen molar-refractivity contribution in [1.29, 1.82) is 0 Å². The molecule has 4 aromatic rings. The molecule has 4 aromatic carbocycles. The number of rotatable bonds is 13. The summed E-state index contributed by atoms with van der Waals surface area (Å²) in [5.74, 6) is 3.49. The molecule has 0 amide bonds. The molecule has 0 aliphatic carbocycles. The number of para-hydroxylation sites is 2. The first kappa shape index (κ1) is 24.6. The van der Waals surface area contributed by atoms with Gasteiger partial charge in [-0.1, -0.05) is 48.5 Å². The van der Waals surface area contributed by atoms with Gasteiger partial charge in [-0.3, -0.25) is 0 Å². The summed E-state index contributed by atoms with van der Waals surface area (Å²) in [4.78, 5) is 0. The number of ether oxygens (including phenoxy) is 5. The Balaban J connectivity index is 1.49. The van der Waals surface area contributed by atoms with Crippen molar-refractivity contribution >= 4 is 5.69 Å². The predicted molar refractivity (Wildman–Crippen MR) is 137 cm³/mol. The summed E-state index contributed by atoms with van der Waals surface area (Å²) in [6, 6.07) is 30.6. The highest BCUT2D eigenvalue weighted by Gasteiger charge is 2.16. The van der Waals surface area contributed by atoms with Crippen LogP contribution in [0.1, 0.15) is 0 Å². The molecule has 2 N–H and O–H groups in total. The summed E-state index contributed by atoms with van der Waals surface area (Å²) in [6.45, 7) is 1.43. The van der Waals surface area contributed by atoms with Gasteiger partial charge in [-0.05, 0) is 53.1 Å². The molecule has 0 bridgehead atoms. The molecule has 0 saturated carbocycles. The summed E-state index contributed by atoms with van der Waals surface area (Å²) in [6.07, 6.45) is 0. The van der Waals surface area contributed by atoms with Crippen molar-refractivity contribution in [2.45, 2.75) is 0 Å². The van der Waals surface area contributed by atoms with Crippen molar-refractivity contribution in [3.63, 3.8) is 0 Å². The fourth-order valence-electron chi connectivity index (χ4n) is 3.54. The topological polar surface area (TPSA) is 84.1 Å². The largest absolute Gasteiger partial charge is 0.497 e. The molecule has 184 valence electrons. The Morgan fingerprint density at radius 2 is 1.11 bits per heavy atom. The molecule has 7 nitrogen and oxygen atoms in total. The summed E-state index contributed by atoms with van der Waals surface area (Å²) >= 11 is 0. The minimum Gasteiger partial charge on any atom is -0.497 e. The van der Waals surface area contributed by atoms with E-state index in [2.05, 4.69) is 5.11 Å². The van der Waals surface area contributed by atoms with E-state index in [0.717, 1.165) is 28.4 Å². The number of nitrogens with two attached hydrogens (primary N) is 1. The molecule has 4 rings (SSSR count). The van der Waals surface area contributed by atoms with Crippen LogP contribution in [0.15, 0.2) is 102 Å². The lowest BCUT2D eigenvalue weighted by Crippen LogP contribution is -2.22. The molecule has 0 aliphatic rings. The van der Waals surface area contributed by atoms with Gasteiger partial charge >= 0.3 is 0 Å². The third-order valence-electron chi connectivity index (χ3n) is 5.31. The van der Waals surface area contributed by atoms with Crippen LogP contribution >= 0.6 is 0 Å². The van der Waals surface area contributed by atoms with Crippen LogP contribution in [0, 0.1) is 0 Å². The van der Waals surface area contributed by atoms with Gasteiger partial charge in [0.2, 0.25) is 0 Å². The zero-order chi connectivity index (χ0) is 25.0. The number of hydrogen-bond acceptors (Lipinski definition) is 6. The van der Waals surface area contributed by atoms with E-state index in [1.54, 1.807) is 13.2 Å². The maximum absolute atomic E-state index is 6.10. The minimum absolute atomic E-state index is 0.324. The fraction of sp³-hybridized carbons (Fsp3) is 0.172. The standard InChI is InChI=1S/C29H28N2O5/c1-32-23-14-12-22(13-15-23)26-20-29(36-19-17-34-25-10-6-3-7-11-25)27(31-30)21-28(26)35-18-16-33-24-8-4-2-5-9-24/h2-15,20-21,30H,16-19H2,1H3/p+1. The summed E-state index contributed by atoms with van der Waals surface area (Å²) in [5, 5.41) is 3.91. The maximum atomic E-state index is 6.10. The first-order chi connectivity index (χ1) is 17.8. The summed E-state index contributed by atoms with van der Waals surface area (Å²) < 4.78 is 28.9. The van der Waals surface area contributed by atoms with Crippen LogP contribution in [-0.2, 0) is 0 Å². The normalized spacial score (nSPS) is 10.4. The van der Waals surface area contributed by atoms with E-state index in [0.29, 0.717) is 43.6 Å². The Bertz CT molecular complexity index is 1230. The van der Waals surface area contributed by atoms with Crippen LogP contribution in [-0.4, -0.2) is 33.5 Å². The Labute approximate surface area is 210 Å². The van der Waals surface area contributed by atoms with Crippen molar-refractivity contribution in [1.82, 2.24) is 0 Å². The zero-order valence-corrected chi connectivity index (χ0v) is 20.1. The van der Waals surface area contributed by atoms with Crippen LogP contribution < -0.4 is 29.2 Å². The van der Waals surface area contributed by atoms with E-state index in [-0.39, 0.29) is 0 Å². The number of nitrogens with zero attached hydrogens (tertiary/aromatic N) is 1. The Morgan fingerprint density at radius 1 is 0.583 bits per heavy atom. The molecule has 0 radical (unpaired) electrons. The van der Waals surface area contributed by atoms with Gasteiger partial charge in [-0.2, -0.15) is 5.53 Å². The highest BCUT2D eigenvalue weighted by molar-refractivity contribution is 5.76. The van der Waals surface area contributed by atoms with E-state index in [1.807, 2.05) is 91.0 Å². The monoisotopic (exact) mass is 485 g/mol. The van der Waals surface area contributed by atoms with E-state index >= 15 is 0 Å². The lowest BCUT2D eigenvalue weighted by molar-refractivity contribution is -0.210. The van der Waals surface area contributed by atoms with Crippen LogP contribution in [0.3, 0.4) is 0 Å². The number of hydrogen-bond donors (Lipinski definition) is 1. The Morgan fingerprint density at radius 3 is 1.64 bits per heavy atom. The van der Waals surface area contributed by atoms with Crippen LogP contribution in [0.5, 0.6) is 28.7 Å². The molecule has 0 aliphatic heterocycles. The average molecular weight is 486 g/mol. The highest BCUT2D eigenvalue weighted by Crippen LogP contribution is 2.40. The van der Waals surface area contributed by atoms with Gasteiger partial charge in [-0.25, -0.2) is 0 Å². The number of benzene rings is 4. The first-order valence-electron chi connectivity index (χ1n) is 11.6. The molecular formula is C29H29N2O5+. The van der Waals surface area contributed by atoms with Gasteiger partial charge in [0.25, 0.3) is 0 Å². The van der Waals surface area contributed by atoms with Gasteiger partial charge in [0.1, 0.15) is 49.4 Å². The van der Waals surface area contributed by atoms with Crippen molar-refractivity contribution in [2.75, 3.05) is 33.5 Å².